The van der Waals surface area contributed by atoms with Crippen molar-refractivity contribution in [3.63, 3.8) is 0 Å². The summed E-state index contributed by atoms with van der Waals surface area (Å²) in [4.78, 5) is 41.2. The Morgan fingerprint density at radius 2 is 1.86 bits per heavy atom. The first-order valence-corrected chi connectivity index (χ1v) is 10.4. The van der Waals surface area contributed by atoms with Crippen molar-refractivity contribution in [3.8, 4) is 0 Å². The van der Waals surface area contributed by atoms with E-state index in [1.165, 1.54) is 0 Å². The number of nitrogens with zero attached hydrogens (tertiary/aromatic N) is 2. The van der Waals surface area contributed by atoms with Crippen LogP contribution in [0.4, 0.5) is 0 Å². The van der Waals surface area contributed by atoms with Gasteiger partial charge in [0.1, 0.15) is 0 Å². The fourth-order valence-electron chi connectivity index (χ4n) is 4.26. The van der Waals surface area contributed by atoms with Crippen LogP contribution in [0.1, 0.15) is 56.3 Å². The molecule has 0 aliphatic carbocycles. The van der Waals surface area contributed by atoms with Gasteiger partial charge < -0.3 is 15.1 Å². The van der Waals surface area contributed by atoms with Crippen LogP contribution in [-0.2, 0) is 9.59 Å². The van der Waals surface area contributed by atoms with Crippen molar-refractivity contribution < 1.29 is 14.4 Å². The summed E-state index contributed by atoms with van der Waals surface area (Å²) < 4.78 is 0. The van der Waals surface area contributed by atoms with Gasteiger partial charge in [-0.2, -0.15) is 0 Å². The van der Waals surface area contributed by atoms with Gasteiger partial charge in [0.15, 0.2) is 0 Å². The molecule has 3 amide bonds. The van der Waals surface area contributed by atoms with Gasteiger partial charge in [0.25, 0.3) is 5.91 Å². The summed E-state index contributed by atoms with van der Waals surface area (Å²) in [5, 5.41) is 3.07. The zero-order valence-corrected chi connectivity index (χ0v) is 16.9. The van der Waals surface area contributed by atoms with E-state index in [0.717, 1.165) is 25.7 Å². The fourth-order valence-corrected chi connectivity index (χ4v) is 4.26. The van der Waals surface area contributed by atoms with Crippen LogP contribution in [0.3, 0.4) is 0 Å². The van der Waals surface area contributed by atoms with E-state index < -0.39 is 0 Å². The van der Waals surface area contributed by atoms with Crippen LogP contribution in [0.2, 0.25) is 0 Å². The lowest BCUT2D eigenvalue weighted by Gasteiger charge is -2.34. The average molecular weight is 386 g/mol. The van der Waals surface area contributed by atoms with Crippen molar-refractivity contribution in [1.82, 2.24) is 15.1 Å². The topological polar surface area (TPSA) is 69.7 Å². The zero-order chi connectivity index (χ0) is 20.1. The maximum absolute atomic E-state index is 12.9. The molecule has 6 nitrogen and oxygen atoms in total. The molecule has 1 N–H and O–H groups in total. The number of hydrogen-bond acceptors (Lipinski definition) is 3. The molecule has 0 spiro atoms. The molecule has 2 heterocycles. The Morgan fingerprint density at radius 3 is 2.50 bits per heavy atom. The molecular weight excluding hydrogens is 354 g/mol. The maximum atomic E-state index is 12.9. The minimum Gasteiger partial charge on any atom is -0.349 e. The molecule has 2 fully saturated rings. The van der Waals surface area contributed by atoms with Gasteiger partial charge in [-0.3, -0.25) is 14.4 Å². The van der Waals surface area contributed by atoms with E-state index >= 15 is 0 Å². The minimum atomic E-state index is -0.220. The molecule has 1 aromatic carbocycles. The molecule has 0 aromatic heterocycles. The van der Waals surface area contributed by atoms with Crippen LogP contribution in [0.25, 0.3) is 0 Å². The third-order valence-corrected chi connectivity index (χ3v) is 5.92. The highest BCUT2D eigenvalue weighted by molar-refractivity contribution is 5.94. The zero-order valence-electron chi connectivity index (χ0n) is 16.9. The largest absolute Gasteiger partial charge is 0.349 e. The van der Waals surface area contributed by atoms with E-state index in [2.05, 4.69) is 19.2 Å². The standard InChI is InChI=1S/C22H31N3O3/c1-3-7-16(2)25-15-18(14-20(25)26)22(28)24-12-10-19(11-13-24)23-21(27)17-8-5-4-6-9-17/h4-6,8-9,16,18-19H,3,7,10-15H2,1-2H3,(H,23,27). The first kappa shape index (κ1) is 20.4. The molecule has 2 aliphatic heterocycles. The highest BCUT2D eigenvalue weighted by atomic mass is 16.2. The van der Waals surface area contributed by atoms with Crippen molar-refractivity contribution >= 4 is 17.7 Å². The van der Waals surface area contributed by atoms with E-state index in [9.17, 15) is 14.4 Å². The average Bonchev–Trinajstić information content (AvgIpc) is 3.10. The second kappa shape index (κ2) is 9.22. The van der Waals surface area contributed by atoms with E-state index in [1.54, 1.807) is 12.1 Å². The lowest BCUT2D eigenvalue weighted by molar-refractivity contribution is -0.136. The summed E-state index contributed by atoms with van der Waals surface area (Å²) in [6, 6.07) is 9.48. The summed E-state index contributed by atoms with van der Waals surface area (Å²) >= 11 is 0. The van der Waals surface area contributed by atoms with Gasteiger partial charge in [-0.15, -0.1) is 0 Å². The predicted octanol–water partition coefficient (Wildman–Crippen LogP) is 2.44. The van der Waals surface area contributed by atoms with Crippen LogP contribution in [0.15, 0.2) is 30.3 Å². The molecule has 0 bridgehead atoms. The molecular formula is C22H31N3O3. The summed E-state index contributed by atoms with van der Waals surface area (Å²) in [6.45, 7) is 5.99. The number of hydrogen-bond donors (Lipinski definition) is 1. The monoisotopic (exact) mass is 385 g/mol. The van der Waals surface area contributed by atoms with Gasteiger partial charge in [0.05, 0.1) is 5.92 Å². The summed E-state index contributed by atoms with van der Waals surface area (Å²) in [5.74, 6) is -0.0914. The van der Waals surface area contributed by atoms with Crippen molar-refractivity contribution in [1.29, 1.82) is 0 Å². The molecule has 0 radical (unpaired) electrons. The lowest BCUT2D eigenvalue weighted by atomic mass is 10.0. The van der Waals surface area contributed by atoms with Gasteiger partial charge in [0.2, 0.25) is 11.8 Å². The molecule has 2 atom stereocenters. The summed E-state index contributed by atoms with van der Waals surface area (Å²) in [6.07, 6.45) is 3.84. The van der Waals surface area contributed by atoms with Gasteiger partial charge in [0, 0.05) is 43.7 Å². The highest BCUT2D eigenvalue weighted by Gasteiger charge is 2.39. The quantitative estimate of drug-likeness (QED) is 0.818. The number of carbonyl (C=O) groups is 3. The lowest BCUT2D eigenvalue weighted by Crippen LogP contribution is -2.48. The van der Waals surface area contributed by atoms with E-state index in [1.807, 2.05) is 28.0 Å². The molecule has 6 heteroatoms. The molecule has 152 valence electrons. The number of amides is 3. The predicted molar refractivity (Wildman–Crippen MR) is 108 cm³/mol. The van der Waals surface area contributed by atoms with E-state index in [4.69, 9.17) is 0 Å². The van der Waals surface area contributed by atoms with Gasteiger partial charge >= 0.3 is 0 Å². The number of rotatable bonds is 6. The summed E-state index contributed by atoms with van der Waals surface area (Å²) in [5.41, 5.74) is 0.659. The van der Waals surface area contributed by atoms with Crippen LogP contribution in [-0.4, -0.2) is 59.2 Å². The molecule has 2 aliphatic rings. The van der Waals surface area contributed by atoms with E-state index in [-0.39, 0.29) is 35.7 Å². The second-order valence-corrected chi connectivity index (χ2v) is 8.02. The molecule has 2 saturated heterocycles. The number of carbonyl (C=O) groups excluding carboxylic acids is 3. The van der Waals surface area contributed by atoms with Crippen molar-refractivity contribution in [3.05, 3.63) is 35.9 Å². The van der Waals surface area contributed by atoms with Gasteiger partial charge in [-0.25, -0.2) is 0 Å². The van der Waals surface area contributed by atoms with E-state index in [0.29, 0.717) is 31.6 Å². The van der Waals surface area contributed by atoms with Crippen molar-refractivity contribution in [2.75, 3.05) is 19.6 Å². The number of nitrogens with one attached hydrogen (secondary N) is 1. The second-order valence-electron chi connectivity index (χ2n) is 8.02. The van der Waals surface area contributed by atoms with Crippen LogP contribution in [0, 0.1) is 5.92 Å². The number of benzene rings is 1. The third kappa shape index (κ3) is 4.72. The van der Waals surface area contributed by atoms with Crippen LogP contribution < -0.4 is 5.32 Å². The maximum Gasteiger partial charge on any atom is 0.251 e. The molecule has 28 heavy (non-hydrogen) atoms. The highest BCUT2D eigenvalue weighted by Crippen LogP contribution is 2.25. The SMILES string of the molecule is CCCC(C)N1CC(C(=O)N2CCC(NC(=O)c3ccccc3)CC2)CC1=O. The fraction of sp³-hybridized carbons (Fsp3) is 0.591. The molecule has 0 saturated carbocycles. The van der Waals surface area contributed by atoms with Crippen LogP contribution >= 0.6 is 0 Å². The molecule has 3 rings (SSSR count). The van der Waals surface area contributed by atoms with Crippen molar-refractivity contribution in [2.24, 2.45) is 5.92 Å². The molecule has 2 unspecified atom stereocenters. The number of likely N-dealkylation sites (tertiary alicyclic amines) is 2. The first-order chi connectivity index (χ1) is 13.5. The normalized spacial score (nSPS) is 21.6. The van der Waals surface area contributed by atoms with Crippen LogP contribution in [0.5, 0.6) is 0 Å². The Balaban J connectivity index is 1.48. The minimum absolute atomic E-state index is 0.0627. The molecule has 1 aromatic rings. The summed E-state index contributed by atoms with van der Waals surface area (Å²) in [7, 11) is 0. The van der Waals surface area contributed by atoms with Gasteiger partial charge in [-0.1, -0.05) is 31.5 Å². The Morgan fingerprint density at radius 1 is 1.18 bits per heavy atom. The Labute approximate surface area is 167 Å². The van der Waals surface area contributed by atoms with Crippen molar-refractivity contribution in [2.45, 2.75) is 58.0 Å². The number of piperidine rings is 1. The first-order valence-electron chi connectivity index (χ1n) is 10.4. The smallest absolute Gasteiger partial charge is 0.251 e. The Hall–Kier alpha value is -2.37. The van der Waals surface area contributed by atoms with Gasteiger partial charge in [-0.05, 0) is 38.3 Å². The Kier molecular flexibility index (Phi) is 6.70. The third-order valence-electron chi connectivity index (χ3n) is 5.92. The Bertz CT molecular complexity index is 698.